The zero-order valence-corrected chi connectivity index (χ0v) is 14.7. The van der Waals surface area contributed by atoms with Crippen LogP contribution in [0.15, 0.2) is 36.4 Å². The number of halogens is 2. The van der Waals surface area contributed by atoms with Crippen molar-refractivity contribution in [1.82, 2.24) is 0 Å². The fourth-order valence-electron chi connectivity index (χ4n) is 2.21. The molecule has 0 aliphatic carbocycles. The van der Waals surface area contributed by atoms with Crippen LogP contribution in [-0.2, 0) is 0 Å². The number of ether oxygens (including phenoxy) is 2. The Morgan fingerprint density at radius 3 is 2.52 bits per heavy atom. The fraction of sp³-hybridized carbons (Fsp3) is 0.294. The molecule has 21 heavy (non-hydrogen) atoms. The monoisotopic (exact) mass is 368 g/mol. The second-order valence-electron chi connectivity index (χ2n) is 4.72. The van der Waals surface area contributed by atoms with Gasteiger partial charge in [-0.1, -0.05) is 51.3 Å². The van der Waals surface area contributed by atoms with Gasteiger partial charge in [-0.15, -0.1) is 0 Å². The maximum Gasteiger partial charge on any atom is 0.125 e. The summed E-state index contributed by atoms with van der Waals surface area (Å²) in [6, 6.07) is 11.8. The molecule has 0 spiro atoms. The minimum absolute atomic E-state index is 0.0221. The van der Waals surface area contributed by atoms with Crippen molar-refractivity contribution in [1.29, 1.82) is 0 Å². The van der Waals surface area contributed by atoms with E-state index in [1.807, 2.05) is 37.3 Å². The Morgan fingerprint density at radius 1 is 1.10 bits per heavy atom. The summed E-state index contributed by atoms with van der Waals surface area (Å²) >= 11 is 9.79. The molecule has 0 bridgehead atoms. The molecule has 0 amide bonds. The first-order valence-electron chi connectivity index (χ1n) is 6.77. The van der Waals surface area contributed by atoms with Crippen LogP contribution >= 0.6 is 27.5 Å². The van der Waals surface area contributed by atoms with Gasteiger partial charge in [0.25, 0.3) is 0 Å². The quantitative estimate of drug-likeness (QED) is 0.644. The second-order valence-corrected chi connectivity index (χ2v) is 6.08. The Hall–Kier alpha value is -1.19. The summed E-state index contributed by atoms with van der Waals surface area (Å²) in [6.07, 6.45) is 0. The predicted octanol–water partition coefficient (Wildman–Crippen LogP) is 5.54. The number of alkyl halides is 1. The highest BCUT2D eigenvalue weighted by molar-refractivity contribution is 9.09. The van der Waals surface area contributed by atoms with Gasteiger partial charge in [0.1, 0.15) is 11.5 Å². The zero-order valence-electron chi connectivity index (χ0n) is 12.3. The van der Waals surface area contributed by atoms with E-state index in [0.717, 1.165) is 22.6 Å². The summed E-state index contributed by atoms with van der Waals surface area (Å²) in [7, 11) is 1.65. The van der Waals surface area contributed by atoms with E-state index < -0.39 is 0 Å². The van der Waals surface area contributed by atoms with Gasteiger partial charge >= 0.3 is 0 Å². The average molecular weight is 370 g/mol. The molecule has 0 aliphatic heterocycles. The summed E-state index contributed by atoms with van der Waals surface area (Å²) < 4.78 is 11.2. The van der Waals surface area contributed by atoms with Crippen LogP contribution < -0.4 is 9.47 Å². The van der Waals surface area contributed by atoms with Gasteiger partial charge in [0, 0.05) is 16.1 Å². The first-order valence-corrected chi connectivity index (χ1v) is 8.07. The Kier molecular flexibility index (Phi) is 5.54. The SMILES string of the molecule is CCOc1ccc(C)cc1C(Br)c1ccc(Cl)cc1OC. The van der Waals surface area contributed by atoms with Crippen LogP contribution in [0.2, 0.25) is 5.02 Å². The van der Waals surface area contributed by atoms with Gasteiger partial charge < -0.3 is 9.47 Å². The lowest BCUT2D eigenvalue weighted by Crippen LogP contribution is -2.02. The van der Waals surface area contributed by atoms with Gasteiger partial charge in [0.05, 0.1) is 18.5 Å². The third-order valence-electron chi connectivity index (χ3n) is 3.21. The molecular formula is C17H18BrClO2. The molecule has 1 unspecified atom stereocenters. The van der Waals surface area contributed by atoms with Crippen molar-refractivity contribution < 1.29 is 9.47 Å². The molecular weight excluding hydrogens is 352 g/mol. The van der Waals surface area contributed by atoms with Gasteiger partial charge in [-0.2, -0.15) is 0 Å². The first kappa shape index (κ1) is 16.2. The second kappa shape index (κ2) is 7.19. The molecule has 0 aliphatic rings. The van der Waals surface area contributed by atoms with Crippen LogP contribution in [0.25, 0.3) is 0 Å². The van der Waals surface area contributed by atoms with E-state index in [1.54, 1.807) is 7.11 Å². The minimum atomic E-state index is -0.0221. The van der Waals surface area contributed by atoms with Crippen LogP contribution in [0.3, 0.4) is 0 Å². The van der Waals surface area contributed by atoms with Crippen molar-refractivity contribution in [3.63, 3.8) is 0 Å². The maximum absolute atomic E-state index is 6.03. The van der Waals surface area contributed by atoms with Gasteiger partial charge in [-0.05, 0) is 32.0 Å². The summed E-state index contributed by atoms with van der Waals surface area (Å²) in [4.78, 5) is -0.0221. The zero-order chi connectivity index (χ0) is 15.4. The highest BCUT2D eigenvalue weighted by Crippen LogP contribution is 2.41. The molecule has 1 atom stereocenters. The van der Waals surface area contributed by atoms with E-state index in [9.17, 15) is 0 Å². The van der Waals surface area contributed by atoms with E-state index in [0.29, 0.717) is 11.6 Å². The van der Waals surface area contributed by atoms with E-state index in [4.69, 9.17) is 21.1 Å². The van der Waals surface area contributed by atoms with Crippen LogP contribution in [0.4, 0.5) is 0 Å². The molecule has 0 heterocycles. The molecule has 2 rings (SSSR count). The Balaban J connectivity index is 2.48. The van der Waals surface area contributed by atoms with E-state index in [-0.39, 0.29) is 4.83 Å². The molecule has 0 radical (unpaired) electrons. The highest BCUT2D eigenvalue weighted by Gasteiger charge is 2.19. The molecule has 0 N–H and O–H groups in total. The number of aryl methyl sites for hydroxylation is 1. The van der Waals surface area contributed by atoms with Crippen LogP contribution in [0.1, 0.15) is 28.4 Å². The van der Waals surface area contributed by atoms with Crippen LogP contribution in [0.5, 0.6) is 11.5 Å². The molecule has 0 saturated carbocycles. The summed E-state index contributed by atoms with van der Waals surface area (Å²) in [5.41, 5.74) is 3.29. The number of hydrogen-bond donors (Lipinski definition) is 0. The Morgan fingerprint density at radius 2 is 1.86 bits per heavy atom. The molecule has 0 fully saturated rings. The molecule has 2 aromatic rings. The lowest BCUT2D eigenvalue weighted by atomic mass is 10.0. The smallest absolute Gasteiger partial charge is 0.125 e. The van der Waals surface area contributed by atoms with Crippen molar-refractivity contribution in [2.24, 2.45) is 0 Å². The van der Waals surface area contributed by atoms with Crippen LogP contribution in [-0.4, -0.2) is 13.7 Å². The summed E-state index contributed by atoms with van der Waals surface area (Å²) in [6.45, 7) is 4.68. The topological polar surface area (TPSA) is 18.5 Å². The molecule has 0 aromatic heterocycles. The normalized spacial score (nSPS) is 12.0. The average Bonchev–Trinajstić information content (AvgIpc) is 2.48. The van der Waals surface area contributed by atoms with Crippen molar-refractivity contribution in [3.8, 4) is 11.5 Å². The number of methoxy groups -OCH3 is 1. The lowest BCUT2D eigenvalue weighted by Gasteiger charge is -2.18. The van der Waals surface area contributed by atoms with E-state index in [2.05, 4.69) is 28.9 Å². The molecule has 2 aromatic carbocycles. The molecule has 2 nitrogen and oxygen atoms in total. The Bertz CT molecular complexity index is 628. The standard InChI is InChI=1S/C17H18BrClO2/c1-4-21-15-8-5-11(2)9-14(15)17(18)13-7-6-12(19)10-16(13)20-3/h5-10,17H,4H2,1-3H3. The maximum atomic E-state index is 6.03. The number of benzene rings is 2. The van der Waals surface area contributed by atoms with Gasteiger partial charge in [0.15, 0.2) is 0 Å². The fourth-order valence-corrected chi connectivity index (χ4v) is 3.11. The van der Waals surface area contributed by atoms with E-state index in [1.165, 1.54) is 5.56 Å². The van der Waals surface area contributed by atoms with Crippen molar-refractivity contribution in [2.45, 2.75) is 18.7 Å². The number of hydrogen-bond acceptors (Lipinski definition) is 2. The largest absolute Gasteiger partial charge is 0.496 e. The Labute approximate surface area is 139 Å². The molecule has 4 heteroatoms. The highest BCUT2D eigenvalue weighted by atomic mass is 79.9. The molecule has 112 valence electrons. The van der Waals surface area contributed by atoms with Crippen molar-refractivity contribution in [2.75, 3.05) is 13.7 Å². The molecule has 0 saturated heterocycles. The van der Waals surface area contributed by atoms with Gasteiger partial charge in [-0.25, -0.2) is 0 Å². The third-order valence-corrected chi connectivity index (χ3v) is 4.43. The van der Waals surface area contributed by atoms with Gasteiger partial charge in [-0.3, -0.25) is 0 Å². The van der Waals surface area contributed by atoms with Crippen LogP contribution in [0, 0.1) is 6.92 Å². The number of rotatable bonds is 5. The third kappa shape index (κ3) is 3.72. The van der Waals surface area contributed by atoms with E-state index >= 15 is 0 Å². The van der Waals surface area contributed by atoms with Gasteiger partial charge in [0.2, 0.25) is 0 Å². The van der Waals surface area contributed by atoms with Crippen molar-refractivity contribution >= 4 is 27.5 Å². The summed E-state index contributed by atoms with van der Waals surface area (Å²) in [5, 5.41) is 0.657. The summed E-state index contributed by atoms with van der Waals surface area (Å²) in [5.74, 6) is 1.63. The van der Waals surface area contributed by atoms with Crippen molar-refractivity contribution in [3.05, 3.63) is 58.1 Å². The minimum Gasteiger partial charge on any atom is -0.496 e. The predicted molar refractivity (Wildman–Crippen MR) is 91.1 cm³/mol. The lowest BCUT2D eigenvalue weighted by molar-refractivity contribution is 0.336. The first-order chi connectivity index (χ1) is 10.1.